The molecule has 16 heavy (non-hydrogen) atoms. The molecule has 0 radical (unpaired) electrons. The second-order valence-electron chi connectivity index (χ2n) is 3.85. The minimum absolute atomic E-state index is 0.184. The monoisotopic (exact) mass is 218 g/mol. The lowest BCUT2D eigenvalue weighted by Crippen LogP contribution is -2.26. The van der Waals surface area contributed by atoms with Crippen molar-refractivity contribution in [2.75, 3.05) is 19.7 Å². The Labute approximate surface area is 96.9 Å². The van der Waals surface area contributed by atoms with E-state index in [0.29, 0.717) is 12.1 Å². The third kappa shape index (κ3) is 3.34. The van der Waals surface area contributed by atoms with Crippen LogP contribution in [0, 0.1) is 18.3 Å². The van der Waals surface area contributed by atoms with Gasteiger partial charge in [-0.25, -0.2) is 0 Å². The largest absolute Gasteiger partial charge is 0.395 e. The highest BCUT2D eigenvalue weighted by Crippen LogP contribution is 2.12. The van der Waals surface area contributed by atoms with E-state index in [-0.39, 0.29) is 6.61 Å². The lowest BCUT2D eigenvalue weighted by atomic mass is 10.1. The van der Waals surface area contributed by atoms with Gasteiger partial charge in [0.2, 0.25) is 0 Å². The van der Waals surface area contributed by atoms with E-state index in [2.05, 4.69) is 17.9 Å². The molecule has 0 aromatic heterocycles. The van der Waals surface area contributed by atoms with E-state index >= 15 is 0 Å². The van der Waals surface area contributed by atoms with Gasteiger partial charge in [0.1, 0.15) is 0 Å². The lowest BCUT2D eigenvalue weighted by molar-refractivity contribution is 0.196. The fraction of sp³-hybridized carbons (Fsp3) is 0.462. The van der Waals surface area contributed by atoms with Gasteiger partial charge in [-0.1, -0.05) is 13.0 Å². The summed E-state index contributed by atoms with van der Waals surface area (Å²) in [4.78, 5) is 2.17. The Morgan fingerprint density at radius 3 is 2.69 bits per heavy atom. The molecule has 3 heteroatoms. The van der Waals surface area contributed by atoms with Gasteiger partial charge in [0.15, 0.2) is 0 Å². The Kier molecular flexibility index (Phi) is 4.97. The van der Waals surface area contributed by atoms with Crippen LogP contribution in [0.15, 0.2) is 18.2 Å². The summed E-state index contributed by atoms with van der Waals surface area (Å²) in [6.45, 7) is 6.71. The van der Waals surface area contributed by atoms with Crippen LogP contribution in [0.2, 0.25) is 0 Å². The summed E-state index contributed by atoms with van der Waals surface area (Å²) in [7, 11) is 0. The van der Waals surface area contributed by atoms with Crippen LogP contribution in [0.3, 0.4) is 0 Å². The molecule has 1 rings (SSSR count). The highest BCUT2D eigenvalue weighted by molar-refractivity contribution is 5.37. The summed E-state index contributed by atoms with van der Waals surface area (Å²) in [5, 5.41) is 17.7. The van der Waals surface area contributed by atoms with E-state index in [4.69, 9.17) is 10.4 Å². The molecule has 0 heterocycles. The summed E-state index contributed by atoms with van der Waals surface area (Å²) >= 11 is 0. The van der Waals surface area contributed by atoms with Crippen LogP contribution in [-0.4, -0.2) is 29.7 Å². The third-order valence-corrected chi connectivity index (χ3v) is 2.73. The van der Waals surface area contributed by atoms with Crippen molar-refractivity contribution in [2.45, 2.75) is 20.4 Å². The average molecular weight is 218 g/mol. The number of likely N-dealkylation sites (N-methyl/N-ethyl adjacent to an activating group) is 1. The number of rotatable bonds is 5. The minimum Gasteiger partial charge on any atom is -0.395 e. The van der Waals surface area contributed by atoms with E-state index in [1.807, 2.05) is 25.1 Å². The fourth-order valence-electron chi connectivity index (χ4n) is 1.67. The molecule has 0 atom stereocenters. The van der Waals surface area contributed by atoms with Crippen molar-refractivity contribution in [2.24, 2.45) is 0 Å². The maximum absolute atomic E-state index is 8.91. The van der Waals surface area contributed by atoms with Crippen LogP contribution < -0.4 is 0 Å². The topological polar surface area (TPSA) is 47.3 Å². The van der Waals surface area contributed by atoms with Gasteiger partial charge in [0.05, 0.1) is 18.2 Å². The summed E-state index contributed by atoms with van der Waals surface area (Å²) < 4.78 is 0. The Hall–Kier alpha value is -1.37. The van der Waals surface area contributed by atoms with Gasteiger partial charge in [-0.2, -0.15) is 5.26 Å². The average Bonchev–Trinajstić information content (AvgIpc) is 2.30. The predicted molar refractivity (Wildman–Crippen MR) is 63.9 cm³/mol. The van der Waals surface area contributed by atoms with E-state index in [0.717, 1.165) is 18.7 Å². The molecule has 3 nitrogen and oxygen atoms in total. The molecule has 1 aromatic carbocycles. The van der Waals surface area contributed by atoms with Gasteiger partial charge in [-0.15, -0.1) is 0 Å². The van der Waals surface area contributed by atoms with E-state index in [9.17, 15) is 0 Å². The first-order valence-electron chi connectivity index (χ1n) is 5.54. The second kappa shape index (κ2) is 6.26. The Balaban J connectivity index is 2.77. The minimum atomic E-state index is 0.184. The summed E-state index contributed by atoms with van der Waals surface area (Å²) in [6, 6.07) is 7.88. The molecular weight excluding hydrogens is 200 g/mol. The van der Waals surface area contributed by atoms with Crippen LogP contribution in [0.1, 0.15) is 23.6 Å². The molecule has 0 aliphatic carbocycles. The maximum atomic E-state index is 8.91. The summed E-state index contributed by atoms with van der Waals surface area (Å²) in [6.07, 6.45) is 0. The molecule has 0 saturated carbocycles. The van der Waals surface area contributed by atoms with Crippen molar-refractivity contribution in [3.8, 4) is 6.07 Å². The quantitative estimate of drug-likeness (QED) is 0.818. The van der Waals surface area contributed by atoms with Crippen LogP contribution in [0.5, 0.6) is 0 Å². The highest BCUT2D eigenvalue weighted by atomic mass is 16.3. The van der Waals surface area contributed by atoms with E-state index in [1.165, 1.54) is 5.56 Å². The molecule has 1 aromatic rings. The molecule has 0 aliphatic heterocycles. The van der Waals surface area contributed by atoms with Crippen LogP contribution in [0.4, 0.5) is 0 Å². The number of aliphatic hydroxyl groups is 1. The molecule has 0 amide bonds. The molecule has 86 valence electrons. The first-order chi connectivity index (χ1) is 7.71. The van der Waals surface area contributed by atoms with E-state index < -0.39 is 0 Å². The number of hydrogen-bond acceptors (Lipinski definition) is 3. The number of hydrogen-bond donors (Lipinski definition) is 1. The molecule has 0 spiro atoms. The first-order valence-corrected chi connectivity index (χ1v) is 5.54. The van der Waals surface area contributed by atoms with Crippen molar-refractivity contribution < 1.29 is 5.11 Å². The Morgan fingerprint density at radius 2 is 2.19 bits per heavy atom. The summed E-state index contributed by atoms with van der Waals surface area (Å²) in [5.41, 5.74) is 3.05. The van der Waals surface area contributed by atoms with Gasteiger partial charge >= 0.3 is 0 Å². The van der Waals surface area contributed by atoms with E-state index in [1.54, 1.807) is 0 Å². The molecule has 0 saturated heterocycles. The zero-order chi connectivity index (χ0) is 12.0. The number of nitriles is 1. The van der Waals surface area contributed by atoms with Gasteiger partial charge in [-0.3, -0.25) is 4.90 Å². The number of aliphatic hydroxyl groups excluding tert-OH is 1. The molecule has 1 N–H and O–H groups in total. The normalized spacial score (nSPS) is 10.4. The van der Waals surface area contributed by atoms with Crippen molar-refractivity contribution >= 4 is 0 Å². The van der Waals surface area contributed by atoms with Crippen molar-refractivity contribution in [1.29, 1.82) is 5.26 Å². The zero-order valence-electron chi connectivity index (χ0n) is 9.90. The van der Waals surface area contributed by atoms with Gasteiger partial charge in [-0.05, 0) is 36.7 Å². The lowest BCUT2D eigenvalue weighted by Gasteiger charge is -2.20. The molecule has 0 aliphatic rings. The standard InChI is InChI=1S/C13H18N2O/c1-3-15(6-7-16)10-13-5-4-12(9-14)8-11(13)2/h4-5,8,16H,3,6-7,10H2,1-2H3. The van der Waals surface area contributed by atoms with Gasteiger partial charge in [0.25, 0.3) is 0 Å². The van der Waals surface area contributed by atoms with Crippen molar-refractivity contribution in [3.05, 3.63) is 34.9 Å². The number of aryl methyl sites for hydroxylation is 1. The van der Waals surface area contributed by atoms with Crippen LogP contribution >= 0.6 is 0 Å². The number of benzene rings is 1. The van der Waals surface area contributed by atoms with Crippen molar-refractivity contribution in [3.63, 3.8) is 0 Å². The Bertz CT molecular complexity index is 382. The predicted octanol–water partition coefficient (Wildman–Crippen LogP) is 1.68. The van der Waals surface area contributed by atoms with Gasteiger partial charge < -0.3 is 5.11 Å². The smallest absolute Gasteiger partial charge is 0.0991 e. The Morgan fingerprint density at radius 1 is 1.44 bits per heavy atom. The third-order valence-electron chi connectivity index (χ3n) is 2.73. The van der Waals surface area contributed by atoms with Crippen LogP contribution in [-0.2, 0) is 6.54 Å². The second-order valence-corrected chi connectivity index (χ2v) is 3.85. The summed E-state index contributed by atoms with van der Waals surface area (Å²) in [5.74, 6) is 0. The zero-order valence-corrected chi connectivity index (χ0v) is 9.90. The van der Waals surface area contributed by atoms with Gasteiger partial charge in [0, 0.05) is 13.1 Å². The van der Waals surface area contributed by atoms with Crippen LogP contribution in [0.25, 0.3) is 0 Å². The SMILES string of the molecule is CCN(CCO)Cc1ccc(C#N)cc1C. The first kappa shape index (κ1) is 12.7. The fourth-order valence-corrected chi connectivity index (χ4v) is 1.67. The molecular formula is C13H18N2O. The highest BCUT2D eigenvalue weighted by Gasteiger charge is 2.05. The molecule has 0 bridgehead atoms. The maximum Gasteiger partial charge on any atom is 0.0991 e. The number of nitrogens with zero attached hydrogens (tertiary/aromatic N) is 2. The molecule has 0 unspecified atom stereocenters. The molecule has 0 fully saturated rings. The van der Waals surface area contributed by atoms with Crippen molar-refractivity contribution in [1.82, 2.24) is 4.90 Å².